The minimum atomic E-state index is 0.153. The van der Waals surface area contributed by atoms with Gasteiger partial charge in [0, 0.05) is 11.8 Å². The van der Waals surface area contributed by atoms with E-state index in [4.69, 9.17) is 4.74 Å². The maximum Gasteiger partial charge on any atom is 0.0988 e. The highest BCUT2D eigenvalue weighted by Crippen LogP contribution is 2.63. The Bertz CT molecular complexity index is 447. The van der Waals surface area contributed by atoms with Crippen molar-refractivity contribution in [2.75, 3.05) is 0 Å². The number of epoxide rings is 1. The summed E-state index contributed by atoms with van der Waals surface area (Å²) in [6.45, 7) is 11.6. The van der Waals surface area contributed by atoms with Gasteiger partial charge in [-0.1, -0.05) is 38.2 Å². The first-order chi connectivity index (χ1) is 8.42. The number of hydrogen-bond donors (Lipinski definition) is 0. The molecule has 0 aromatic carbocycles. The average Bonchev–Trinajstić information content (AvgIpc) is 2.96. The molecule has 6 unspecified atom stereocenters. The lowest BCUT2D eigenvalue weighted by molar-refractivity contribution is -0.0106. The van der Waals surface area contributed by atoms with Crippen LogP contribution in [0.5, 0.6) is 0 Å². The lowest BCUT2D eigenvalue weighted by atomic mass is 9.51. The quantitative estimate of drug-likeness (QED) is 0.464. The highest BCUT2D eigenvalue weighted by atomic mass is 16.6. The Morgan fingerprint density at radius 1 is 1.28 bits per heavy atom. The molecule has 0 aromatic rings. The van der Waals surface area contributed by atoms with E-state index in [0.29, 0.717) is 23.4 Å². The maximum absolute atomic E-state index is 6.09. The van der Waals surface area contributed by atoms with E-state index in [1.54, 1.807) is 0 Å². The molecule has 5 aliphatic rings. The van der Waals surface area contributed by atoms with Crippen LogP contribution in [0.25, 0.3) is 0 Å². The van der Waals surface area contributed by atoms with Gasteiger partial charge in [-0.15, -0.1) is 0 Å². The summed E-state index contributed by atoms with van der Waals surface area (Å²) in [6, 6.07) is 0. The molecule has 0 spiro atoms. The summed E-state index contributed by atoms with van der Waals surface area (Å²) in [5.41, 5.74) is 2.15. The Hall–Kier alpha value is -0.560. The fourth-order valence-corrected chi connectivity index (χ4v) is 4.99. The summed E-state index contributed by atoms with van der Waals surface area (Å²) < 4.78 is 6.09. The summed E-state index contributed by atoms with van der Waals surface area (Å²) in [5.74, 6) is 2.84. The van der Waals surface area contributed by atoms with Gasteiger partial charge in [-0.05, 0) is 43.4 Å². The van der Waals surface area contributed by atoms with Crippen LogP contribution in [0.3, 0.4) is 0 Å². The third kappa shape index (κ3) is 1.27. The van der Waals surface area contributed by atoms with Crippen molar-refractivity contribution >= 4 is 0 Å². The minimum absolute atomic E-state index is 0.153. The Labute approximate surface area is 110 Å². The predicted molar refractivity (Wildman–Crippen MR) is 73.2 cm³/mol. The van der Waals surface area contributed by atoms with Gasteiger partial charge in [0.05, 0.1) is 11.7 Å². The molecule has 18 heavy (non-hydrogen) atoms. The van der Waals surface area contributed by atoms with Gasteiger partial charge in [-0.3, -0.25) is 0 Å². The molecular weight excluding hydrogens is 220 g/mol. The zero-order chi connectivity index (χ0) is 12.7. The molecule has 1 nitrogen and oxygen atoms in total. The van der Waals surface area contributed by atoms with E-state index in [9.17, 15) is 0 Å². The maximum atomic E-state index is 6.09. The molecule has 0 aromatic heterocycles. The van der Waals surface area contributed by atoms with Gasteiger partial charge in [0.15, 0.2) is 0 Å². The van der Waals surface area contributed by atoms with E-state index in [-0.39, 0.29) is 5.60 Å². The number of rotatable bonds is 0. The average molecular weight is 244 g/mol. The van der Waals surface area contributed by atoms with Crippen LogP contribution in [0.15, 0.2) is 24.3 Å². The molecule has 6 atom stereocenters. The standard InChI is InChI=1S/C17H24O/c1-10-7-11-5-6-12(17(4)15(11)18-17)8-14-13(10)9-16(14,2)3/h5-6,11-15H,1,7-9H2,2-4H3. The van der Waals surface area contributed by atoms with Gasteiger partial charge in [0.2, 0.25) is 0 Å². The number of ether oxygens (including phenoxy) is 1. The Morgan fingerprint density at radius 2 is 2.06 bits per heavy atom. The van der Waals surface area contributed by atoms with Crippen molar-refractivity contribution in [3.8, 4) is 0 Å². The van der Waals surface area contributed by atoms with Crippen LogP contribution in [-0.4, -0.2) is 11.7 Å². The van der Waals surface area contributed by atoms with E-state index in [1.165, 1.54) is 18.4 Å². The highest BCUT2D eigenvalue weighted by Gasteiger charge is 2.64. The number of fused-ring (bicyclic) bond motifs is 1. The molecule has 0 N–H and O–H groups in total. The van der Waals surface area contributed by atoms with E-state index in [0.717, 1.165) is 18.3 Å². The summed E-state index contributed by atoms with van der Waals surface area (Å²) in [7, 11) is 0. The summed E-state index contributed by atoms with van der Waals surface area (Å²) in [4.78, 5) is 0. The monoisotopic (exact) mass is 244 g/mol. The van der Waals surface area contributed by atoms with E-state index >= 15 is 0 Å². The number of allylic oxidation sites excluding steroid dienone is 1. The molecule has 98 valence electrons. The SMILES string of the molecule is C=C1CC2C=CC(CC3C1CC3(C)C)C1(C)OC21. The number of hydrogen-bond acceptors (Lipinski definition) is 1. The second kappa shape index (κ2) is 3.12. The van der Waals surface area contributed by atoms with Gasteiger partial charge in [0.25, 0.3) is 0 Å². The van der Waals surface area contributed by atoms with Gasteiger partial charge >= 0.3 is 0 Å². The zero-order valence-electron chi connectivity index (χ0n) is 11.8. The van der Waals surface area contributed by atoms with Crippen molar-refractivity contribution in [3.05, 3.63) is 24.3 Å². The van der Waals surface area contributed by atoms with Crippen LogP contribution in [0.1, 0.15) is 40.0 Å². The van der Waals surface area contributed by atoms with Gasteiger partial charge < -0.3 is 4.74 Å². The molecule has 5 rings (SSSR count). The Morgan fingerprint density at radius 3 is 2.78 bits per heavy atom. The summed E-state index contributed by atoms with van der Waals surface area (Å²) in [5, 5.41) is 0. The first kappa shape index (κ1) is 11.3. The minimum Gasteiger partial charge on any atom is -0.365 e. The highest BCUT2D eigenvalue weighted by molar-refractivity contribution is 5.27. The van der Waals surface area contributed by atoms with Gasteiger partial charge in [0.1, 0.15) is 0 Å². The van der Waals surface area contributed by atoms with Crippen LogP contribution >= 0.6 is 0 Å². The molecule has 3 fully saturated rings. The predicted octanol–water partition coefficient (Wildman–Crippen LogP) is 3.96. The molecule has 1 heterocycles. The van der Waals surface area contributed by atoms with Gasteiger partial charge in [-0.25, -0.2) is 0 Å². The third-order valence-electron chi connectivity index (χ3n) is 6.37. The molecule has 0 radical (unpaired) electrons. The van der Waals surface area contributed by atoms with Crippen molar-refractivity contribution in [2.45, 2.75) is 51.7 Å². The smallest absolute Gasteiger partial charge is 0.0988 e. The molecule has 2 saturated carbocycles. The van der Waals surface area contributed by atoms with Crippen LogP contribution in [-0.2, 0) is 4.74 Å². The first-order valence-electron chi connectivity index (χ1n) is 7.45. The fraction of sp³-hybridized carbons (Fsp3) is 0.765. The lowest BCUT2D eigenvalue weighted by Gasteiger charge is -2.53. The van der Waals surface area contributed by atoms with Crippen molar-refractivity contribution in [1.29, 1.82) is 0 Å². The van der Waals surface area contributed by atoms with Crippen LogP contribution in [0.4, 0.5) is 0 Å². The van der Waals surface area contributed by atoms with Crippen LogP contribution in [0, 0.1) is 29.1 Å². The Balaban J connectivity index is 1.72. The summed E-state index contributed by atoms with van der Waals surface area (Å²) in [6.07, 6.45) is 9.15. The van der Waals surface area contributed by atoms with Crippen molar-refractivity contribution in [1.82, 2.24) is 0 Å². The molecule has 1 aliphatic heterocycles. The molecular formula is C17H24O. The fourth-order valence-electron chi connectivity index (χ4n) is 4.99. The lowest BCUT2D eigenvalue weighted by Crippen LogP contribution is -2.46. The molecule has 2 bridgehead atoms. The van der Waals surface area contributed by atoms with Crippen LogP contribution < -0.4 is 0 Å². The van der Waals surface area contributed by atoms with Crippen LogP contribution in [0.2, 0.25) is 0 Å². The normalized spacial score (nSPS) is 55.7. The van der Waals surface area contributed by atoms with Gasteiger partial charge in [-0.2, -0.15) is 0 Å². The first-order valence-corrected chi connectivity index (χ1v) is 7.45. The van der Waals surface area contributed by atoms with E-state index in [1.807, 2.05) is 0 Å². The second-order valence-electron chi connectivity index (χ2n) is 7.88. The summed E-state index contributed by atoms with van der Waals surface area (Å²) >= 11 is 0. The third-order valence-corrected chi connectivity index (χ3v) is 6.37. The molecule has 0 amide bonds. The Kier molecular flexibility index (Phi) is 1.96. The van der Waals surface area contributed by atoms with Crippen molar-refractivity contribution in [3.63, 3.8) is 0 Å². The van der Waals surface area contributed by atoms with Crippen molar-refractivity contribution in [2.24, 2.45) is 29.1 Å². The molecule has 1 saturated heterocycles. The van der Waals surface area contributed by atoms with E-state index < -0.39 is 0 Å². The largest absolute Gasteiger partial charge is 0.365 e. The van der Waals surface area contributed by atoms with E-state index in [2.05, 4.69) is 39.5 Å². The topological polar surface area (TPSA) is 12.5 Å². The second-order valence-corrected chi connectivity index (χ2v) is 7.88. The zero-order valence-corrected chi connectivity index (χ0v) is 11.8. The van der Waals surface area contributed by atoms with Crippen molar-refractivity contribution < 1.29 is 4.74 Å². The molecule has 1 heteroatoms. The molecule has 4 aliphatic carbocycles.